The Balaban J connectivity index is 3.54. The summed E-state index contributed by atoms with van der Waals surface area (Å²) in [5.74, 6) is 0.309. The van der Waals surface area contributed by atoms with Crippen LogP contribution in [0, 0.1) is 11.3 Å². The molecular formula is C19H35NO2S2. The predicted octanol–water partition coefficient (Wildman–Crippen LogP) is 6.01. The zero-order chi connectivity index (χ0) is 18.1. The molecule has 24 heavy (non-hydrogen) atoms. The molecule has 0 aromatic heterocycles. The predicted molar refractivity (Wildman–Crippen MR) is 110 cm³/mol. The van der Waals surface area contributed by atoms with Crippen molar-refractivity contribution in [3.05, 3.63) is 0 Å². The Labute approximate surface area is 156 Å². The molecule has 0 aromatic rings. The van der Waals surface area contributed by atoms with E-state index in [-0.39, 0.29) is 6.42 Å². The second-order valence-electron chi connectivity index (χ2n) is 6.55. The van der Waals surface area contributed by atoms with E-state index in [4.69, 9.17) is 5.11 Å². The number of hydrogen-bond donors (Lipinski definition) is 2. The fourth-order valence-electron chi connectivity index (χ4n) is 2.38. The number of thioether (sulfide) groups is 1. The monoisotopic (exact) mass is 373 g/mol. The number of nitrogens with zero attached hydrogens (tertiary/aromatic N) is 1. The van der Waals surface area contributed by atoms with Crippen LogP contribution in [0.5, 0.6) is 0 Å². The van der Waals surface area contributed by atoms with Crippen molar-refractivity contribution >= 4 is 33.8 Å². The van der Waals surface area contributed by atoms with Crippen LogP contribution in [0.2, 0.25) is 0 Å². The van der Waals surface area contributed by atoms with Gasteiger partial charge in [0.05, 0.1) is 6.07 Å². The lowest BCUT2D eigenvalue weighted by atomic mass is 10.1. The Morgan fingerprint density at radius 1 is 1.12 bits per heavy atom. The molecule has 1 N–H and O–H groups in total. The van der Waals surface area contributed by atoms with E-state index in [0.717, 1.165) is 5.75 Å². The van der Waals surface area contributed by atoms with Gasteiger partial charge in [-0.1, -0.05) is 64.7 Å². The first-order valence-electron chi connectivity index (χ1n) is 9.33. The van der Waals surface area contributed by atoms with Crippen LogP contribution in [0.4, 0.5) is 0 Å². The van der Waals surface area contributed by atoms with Crippen LogP contribution in [-0.4, -0.2) is 26.3 Å². The normalized spacial score (nSPS) is 14.0. The van der Waals surface area contributed by atoms with Crippen molar-refractivity contribution in [1.29, 1.82) is 5.26 Å². The van der Waals surface area contributed by atoms with Gasteiger partial charge < -0.3 is 5.11 Å². The lowest BCUT2D eigenvalue weighted by Gasteiger charge is -2.17. The summed E-state index contributed by atoms with van der Waals surface area (Å²) in [6, 6.07) is 2.24. The van der Waals surface area contributed by atoms with E-state index in [1.54, 1.807) is 0 Å². The highest BCUT2D eigenvalue weighted by molar-refractivity contribution is 8.25. The van der Waals surface area contributed by atoms with Crippen molar-refractivity contribution in [2.45, 2.75) is 95.6 Å². The molecule has 0 fully saturated rings. The zero-order valence-corrected chi connectivity index (χ0v) is 17.1. The average Bonchev–Trinajstić information content (AvgIpc) is 2.57. The number of aliphatic carboxylic acids is 1. The van der Waals surface area contributed by atoms with Crippen molar-refractivity contribution in [3.63, 3.8) is 0 Å². The van der Waals surface area contributed by atoms with E-state index in [0.29, 0.717) is 6.42 Å². The Morgan fingerprint density at radius 3 is 2.17 bits per heavy atom. The summed E-state index contributed by atoms with van der Waals surface area (Å²) in [6.07, 6.45) is 14.0. The maximum atomic E-state index is 10.6. The molecule has 140 valence electrons. The van der Waals surface area contributed by atoms with Crippen LogP contribution in [0.15, 0.2) is 0 Å². The Bertz CT molecular complexity index is 393. The topological polar surface area (TPSA) is 61.1 Å². The summed E-state index contributed by atoms with van der Waals surface area (Å²) in [5, 5.41) is 17.9. The van der Waals surface area contributed by atoms with Crippen molar-refractivity contribution in [1.82, 2.24) is 0 Å². The quantitative estimate of drug-likeness (QED) is 0.197. The molecule has 1 atom stereocenters. The molecule has 0 saturated heterocycles. The van der Waals surface area contributed by atoms with Crippen molar-refractivity contribution in [2.75, 3.05) is 5.75 Å². The summed E-state index contributed by atoms with van der Waals surface area (Å²) in [4.78, 5) is 10.6. The van der Waals surface area contributed by atoms with Crippen LogP contribution in [0.3, 0.4) is 0 Å². The first-order chi connectivity index (χ1) is 11.5. The molecule has 0 saturated carbocycles. The molecule has 0 heterocycles. The van der Waals surface area contributed by atoms with Gasteiger partial charge in [0, 0.05) is 6.42 Å². The molecule has 0 rings (SSSR count). The number of rotatable bonds is 16. The van der Waals surface area contributed by atoms with Crippen LogP contribution in [-0.2, 0) is 4.79 Å². The smallest absolute Gasteiger partial charge is 0.303 e. The molecule has 0 amide bonds. The number of carboxylic acids is 1. The molecule has 0 radical (unpaired) electrons. The summed E-state index contributed by atoms with van der Waals surface area (Å²) < 4.78 is 1.46. The highest BCUT2D eigenvalue weighted by atomic mass is 32.2. The lowest BCUT2D eigenvalue weighted by molar-refractivity contribution is -0.137. The second kappa shape index (κ2) is 16.0. The first kappa shape index (κ1) is 23.5. The summed E-state index contributed by atoms with van der Waals surface area (Å²) >= 11 is 2.74. The number of nitriles is 1. The number of thiol groups is 1. The molecule has 0 aliphatic rings. The van der Waals surface area contributed by atoms with Gasteiger partial charge >= 0.3 is 5.97 Å². The third-order valence-electron chi connectivity index (χ3n) is 4.08. The van der Waals surface area contributed by atoms with Crippen LogP contribution < -0.4 is 0 Å². The maximum absolute atomic E-state index is 10.6. The Hall–Kier alpha value is -0.470. The van der Waals surface area contributed by atoms with E-state index in [2.05, 4.69) is 17.7 Å². The van der Waals surface area contributed by atoms with Crippen LogP contribution >= 0.6 is 23.1 Å². The SMILES string of the molecule is CCCCCCCCCCCC[SH]=CSC(C)(C#N)CCC(=O)O. The van der Waals surface area contributed by atoms with Gasteiger partial charge in [0.2, 0.25) is 0 Å². The van der Waals surface area contributed by atoms with Crippen molar-refractivity contribution in [2.24, 2.45) is 0 Å². The third kappa shape index (κ3) is 15.1. The standard InChI is InChI=1S/C19H35NO2S2/c1-3-4-5-6-7-8-9-10-11-12-15-23-17-24-19(2,16-20)14-13-18(21)22/h17,23H,3-15H2,1-2H3,(H,21,22). The van der Waals surface area contributed by atoms with Crippen molar-refractivity contribution in [3.8, 4) is 6.07 Å². The number of carbonyl (C=O) groups is 1. The molecule has 0 bridgehead atoms. The van der Waals surface area contributed by atoms with Gasteiger partial charge in [0.15, 0.2) is 0 Å². The number of hydrogen-bond acceptors (Lipinski definition) is 3. The summed E-state index contributed by atoms with van der Waals surface area (Å²) in [7, 11) is 0. The fourth-order valence-corrected chi connectivity index (χ4v) is 4.71. The average molecular weight is 374 g/mol. The zero-order valence-electron chi connectivity index (χ0n) is 15.4. The molecule has 1 unspecified atom stereocenters. The maximum Gasteiger partial charge on any atom is 0.303 e. The van der Waals surface area contributed by atoms with E-state index >= 15 is 0 Å². The van der Waals surface area contributed by atoms with E-state index < -0.39 is 10.7 Å². The van der Waals surface area contributed by atoms with Gasteiger partial charge in [-0.25, -0.2) is 0 Å². The number of carboxylic acid groups (broad SMARTS) is 1. The van der Waals surface area contributed by atoms with Gasteiger partial charge in [0.25, 0.3) is 0 Å². The van der Waals surface area contributed by atoms with E-state index in [1.165, 1.54) is 87.3 Å². The summed E-state index contributed by atoms with van der Waals surface area (Å²) in [6.45, 7) is 4.08. The highest BCUT2D eigenvalue weighted by Crippen LogP contribution is 2.28. The number of unbranched alkanes of at least 4 members (excludes halogenated alkanes) is 9. The molecule has 3 nitrogen and oxygen atoms in total. The van der Waals surface area contributed by atoms with Gasteiger partial charge in [-0.2, -0.15) is 16.6 Å². The molecule has 0 aliphatic carbocycles. The fraction of sp³-hybridized carbons (Fsp3) is 0.842. The molecular weight excluding hydrogens is 338 g/mol. The van der Waals surface area contributed by atoms with E-state index in [1.807, 2.05) is 6.92 Å². The van der Waals surface area contributed by atoms with Crippen LogP contribution in [0.25, 0.3) is 0 Å². The minimum atomic E-state index is -0.833. The molecule has 0 aliphatic heterocycles. The first-order valence-corrected chi connectivity index (χ1v) is 11.4. The third-order valence-corrected chi connectivity index (χ3v) is 6.49. The Morgan fingerprint density at radius 2 is 1.67 bits per heavy atom. The Kier molecular flexibility index (Phi) is 15.7. The molecule has 5 heteroatoms. The van der Waals surface area contributed by atoms with E-state index in [9.17, 15) is 10.1 Å². The summed E-state index contributed by atoms with van der Waals surface area (Å²) in [5.41, 5.74) is 0. The minimum absolute atomic E-state index is 0.0558. The van der Waals surface area contributed by atoms with Gasteiger partial charge in [-0.3, -0.25) is 4.79 Å². The van der Waals surface area contributed by atoms with Gasteiger partial charge in [-0.15, -0.1) is 11.8 Å². The van der Waals surface area contributed by atoms with Gasteiger partial charge in [0.1, 0.15) is 4.75 Å². The van der Waals surface area contributed by atoms with Crippen LogP contribution in [0.1, 0.15) is 90.9 Å². The lowest BCUT2D eigenvalue weighted by Crippen LogP contribution is -2.18. The van der Waals surface area contributed by atoms with Gasteiger partial charge in [-0.05, 0) is 30.2 Å². The molecule has 0 spiro atoms. The molecule has 0 aromatic carbocycles. The highest BCUT2D eigenvalue weighted by Gasteiger charge is 2.24. The second-order valence-corrected chi connectivity index (χ2v) is 9.34. The minimum Gasteiger partial charge on any atom is -0.481 e. The van der Waals surface area contributed by atoms with Crippen molar-refractivity contribution < 1.29 is 9.90 Å². The largest absolute Gasteiger partial charge is 0.481 e.